The van der Waals surface area contributed by atoms with Crippen LogP contribution in [-0.2, 0) is 9.59 Å². The Hall–Kier alpha value is -2.41. The van der Waals surface area contributed by atoms with Crippen LogP contribution in [0.1, 0.15) is 37.0 Å². The fourth-order valence-corrected chi connectivity index (χ4v) is 2.12. The predicted molar refractivity (Wildman–Crippen MR) is 92.1 cm³/mol. The third-order valence-electron chi connectivity index (χ3n) is 3.60. The summed E-state index contributed by atoms with van der Waals surface area (Å²) in [5.74, 6) is -1.54. The minimum atomic E-state index is -1.01. The number of carboxylic acid groups (broad SMARTS) is 1. The third-order valence-corrected chi connectivity index (χ3v) is 3.60. The first-order valence-electron chi connectivity index (χ1n) is 8.08. The molecule has 1 rings (SSSR count). The van der Waals surface area contributed by atoms with E-state index in [1.807, 2.05) is 0 Å². The average Bonchev–Trinajstić information content (AvgIpc) is 2.57. The van der Waals surface area contributed by atoms with E-state index < -0.39 is 5.97 Å². The van der Waals surface area contributed by atoms with Gasteiger partial charge in [0.15, 0.2) is 0 Å². The summed E-state index contributed by atoms with van der Waals surface area (Å²) in [7, 11) is 0. The topological polar surface area (TPSA) is 98.7 Å². The molecule has 1 aromatic rings. The molecule has 0 saturated heterocycles. The van der Waals surface area contributed by atoms with Gasteiger partial charge < -0.3 is 20.6 Å². The molecule has 3 N–H and O–H groups in total. The highest BCUT2D eigenvalue weighted by molar-refractivity contribution is 5.96. The highest BCUT2D eigenvalue weighted by atomic mass is 16.4. The van der Waals surface area contributed by atoms with Gasteiger partial charge in [0, 0.05) is 30.8 Å². The van der Waals surface area contributed by atoms with Crippen LogP contribution in [0.15, 0.2) is 24.3 Å². The molecule has 7 heteroatoms. The molecule has 0 aliphatic heterocycles. The van der Waals surface area contributed by atoms with Gasteiger partial charge in [0.05, 0.1) is 6.42 Å². The lowest BCUT2D eigenvalue weighted by Gasteiger charge is -2.17. The molecule has 0 atom stereocenters. The first kappa shape index (κ1) is 19.6. The second-order valence-electron chi connectivity index (χ2n) is 5.30. The molecular formula is C17H25N3O4. The van der Waals surface area contributed by atoms with E-state index in [-0.39, 0.29) is 24.7 Å². The number of aliphatic carboxylic acids is 1. The summed E-state index contributed by atoms with van der Waals surface area (Å²) < 4.78 is 0. The highest BCUT2D eigenvalue weighted by Gasteiger charge is 2.08. The van der Waals surface area contributed by atoms with Gasteiger partial charge in [-0.2, -0.15) is 0 Å². The Labute approximate surface area is 142 Å². The van der Waals surface area contributed by atoms with Crippen LogP contribution in [0.3, 0.4) is 0 Å². The van der Waals surface area contributed by atoms with Crippen molar-refractivity contribution in [2.45, 2.75) is 26.7 Å². The molecule has 0 fully saturated rings. The number of likely N-dealkylation sites (N-methyl/N-ethyl adjacent to an activating group) is 1. The highest BCUT2D eigenvalue weighted by Crippen LogP contribution is 2.10. The molecule has 1 aromatic carbocycles. The maximum absolute atomic E-state index is 12.0. The number of nitrogens with zero attached hydrogens (tertiary/aromatic N) is 1. The summed E-state index contributed by atoms with van der Waals surface area (Å²) in [5, 5.41) is 14.0. The second kappa shape index (κ2) is 10.4. The van der Waals surface area contributed by atoms with E-state index in [1.165, 1.54) is 0 Å². The Morgan fingerprint density at radius 2 is 1.67 bits per heavy atom. The Bertz CT molecular complexity index is 553. The first-order valence-corrected chi connectivity index (χ1v) is 8.08. The van der Waals surface area contributed by atoms with Crippen molar-refractivity contribution in [1.29, 1.82) is 0 Å². The van der Waals surface area contributed by atoms with E-state index >= 15 is 0 Å². The van der Waals surface area contributed by atoms with E-state index in [1.54, 1.807) is 24.3 Å². The average molecular weight is 335 g/mol. The molecule has 0 radical (unpaired) electrons. The molecule has 0 bridgehead atoms. The number of carbonyl (C=O) groups is 3. The van der Waals surface area contributed by atoms with Crippen LogP contribution in [0.5, 0.6) is 0 Å². The zero-order valence-corrected chi connectivity index (χ0v) is 14.2. The van der Waals surface area contributed by atoms with Gasteiger partial charge in [0.25, 0.3) is 5.91 Å². The number of hydrogen-bond acceptors (Lipinski definition) is 4. The minimum absolute atomic E-state index is 0.0804. The largest absolute Gasteiger partial charge is 0.481 e. The standard InChI is InChI=1S/C17H25N3O4/c1-3-20(4-2)12-11-18-17(24)13-5-7-14(8-6-13)19-15(21)9-10-16(22)23/h5-8H,3-4,9-12H2,1-2H3,(H,18,24)(H,19,21)(H,22,23). The van der Waals surface area contributed by atoms with E-state index in [0.29, 0.717) is 17.8 Å². The first-order chi connectivity index (χ1) is 11.5. The van der Waals surface area contributed by atoms with Crippen LogP contribution in [-0.4, -0.2) is 54.0 Å². The lowest BCUT2D eigenvalue weighted by atomic mass is 10.2. The van der Waals surface area contributed by atoms with E-state index in [4.69, 9.17) is 5.11 Å². The van der Waals surface area contributed by atoms with Crippen LogP contribution >= 0.6 is 0 Å². The van der Waals surface area contributed by atoms with Crippen molar-refractivity contribution < 1.29 is 19.5 Å². The van der Waals surface area contributed by atoms with Gasteiger partial charge in [-0.15, -0.1) is 0 Å². The summed E-state index contributed by atoms with van der Waals surface area (Å²) in [6.07, 6.45) is -0.290. The van der Waals surface area contributed by atoms with Crippen molar-refractivity contribution in [3.05, 3.63) is 29.8 Å². The number of benzene rings is 1. The van der Waals surface area contributed by atoms with E-state index in [9.17, 15) is 14.4 Å². The molecule has 24 heavy (non-hydrogen) atoms. The Balaban J connectivity index is 2.44. The number of hydrogen-bond donors (Lipinski definition) is 3. The van der Waals surface area contributed by atoms with Gasteiger partial charge in [-0.05, 0) is 37.4 Å². The second-order valence-corrected chi connectivity index (χ2v) is 5.30. The van der Waals surface area contributed by atoms with Crippen LogP contribution < -0.4 is 10.6 Å². The molecule has 0 saturated carbocycles. The molecule has 7 nitrogen and oxygen atoms in total. The maximum Gasteiger partial charge on any atom is 0.303 e. The number of carbonyl (C=O) groups excluding carboxylic acids is 2. The minimum Gasteiger partial charge on any atom is -0.481 e. The maximum atomic E-state index is 12.0. The summed E-state index contributed by atoms with van der Waals surface area (Å²) in [6.45, 7) is 7.43. The van der Waals surface area contributed by atoms with E-state index in [2.05, 4.69) is 29.4 Å². The van der Waals surface area contributed by atoms with Crippen LogP contribution in [0.25, 0.3) is 0 Å². The van der Waals surface area contributed by atoms with Crippen molar-refractivity contribution in [2.24, 2.45) is 0 Å². The Morgan fingerprint density at radius 1 is 1.04 bits per heavy atom. The number of rotatable bonds is 10. The van der Waals surface area contributed by atoms with E-state index in [0.717, 1.165) is 19.6 Å². The number of nitrogens with one attached hydrogen (secondary N) is 2. The lowest BCUT2D eigenvalue weighted by Crippen LogP contribution is -2.34. The van der Waals surface area contributed by atoms with Gasteiger partial charge in [-0.1, -0.05) is 13.8 Å². The number of anilines is 1. The van der Waals surface area contributed by atoms with Crippen LogP contribution in [0.4, 0.5) is 5.69 Å². The summed E-state index contributed by atoms with van der Waals surface area (Å²) >= 11 is 0. The predicted octanol–water partition coefficient (Wildman–Crippen LogP) is 1.56. The quantitative estimate of drug-likeness (QED) is 0.603. The molecule has 2 amide bonds. The summed E-state index contributed by atoms with van der Waals surface area (Å²) in [4.78, 5) is 36.2. The molecule has 0 heterocycles. The molecule has 0 spiro atoms. The van der Waals surface area contributed by atoms with Crippen LogP contribution in [0.2, 0.25) is 0 Å². The normalized spacial score (nSPS) is 10.5. The molecule has 0 aliphatic carbocycles. The van der Waals surface area contributed by atoms with Gasteiger partial charge in [-0.3, -0.25) is 14.4 Å². The Kier molecular flexibility index (Phi) is 8.49. The zero-order chi connectivity index (χ0) is 17.9. The smallest absolute Gasteiger partial charge is 0.303 e. The number of carboxylic acids is 1. The van der Waals surface area contributed by atoms with Crippen LogP contribution in [0, 0.1) is 0 Å². The van der Waals surface area contributed by atoms with Gasteiger partial charge >= 0.3 is 5.97 Å². The Morgan fingerprint density at radius 3 is 2.21 bits per heavy atom. The fourth-order valence-electron chi connectivity index (χ4n) is 2.12. The van der Waals surface area contributed by atoms with Crippen molar-refractivity contribution in [2.75, 3.05) is 31.5 Å². The SMILES string of the molecule is CCN(CC)CCNC(=O)c1ccc(NC(=O)CCC(=O)O)cc1. The van der Waals surface area contributed by atoms with Gasteiger partial charge in [0.2, 0.25) is 5.91 Å². The van der Waals surface area contributed by atoms with Crippen molar-refractivity contribution >= 4 is 23.5 Å². The van der Waals surface area contributed by atoms with Gasteiger partial charge in [-0.25, -0.2) is 0 Å². The molecule has 132 valence electrons. The number of amides is 2. The van der Waals surface area contributed by atoms with Crippen molar-refractivity contribution in [1.82, 2.24) is 10.2 Å². The molecular weight excluding hydrogens is 310 g/mol. The summed E-state index contributed by atoms with van der Waals surface area (Å²) in [6, 6.07) is 6.50. The summed E-state index contributed by atoms with van der Waals surface area (Å²) in [5.41, 5.74) is 1.04. The fraction of sp³-hybridized carbons (Fsp3) is 0.471. The monoisotopic (exact) mass is 335 g/mol. The zero-order valence-electron chi connectivity index (χ0n) is 14.2. The molecule has 0 unspecified atom stereocenters. The van der Waals surface area contributed by atoms with Crippen molar-refractivity contribution in [3.8, 4) is 0 Å². The lowest BCUT2D eigenvalue weighted by molar-refractivity contribution is -0.138. The molecule has 0 aromatic heterocycles. The van der Waals surface area contributed by atoms with Gasteiger partial charge in [0.1, 0.15) is 0 Å². The van der Waals surface area contributed by atoms with Crippen molar-refractivity contribution in [3.63, 3.8) is 0 Å². The third kappa shape index (κ3) is 7.23. The molecule has 0 aliphatic rings.